The number of amidine groups is 1. The molecule has 0 saturated carbocycles. The maximum atomic E-state index is 9.54. The zero-order valence-electron chi connectivity index (χ0n) is 19.4. The van der Waals surface area contributed by atoms with Crippen LogP contribution in [-0.2, 0) is 4.74 Å². The Balaban J connectivity index is 1.65. The second-order valence-electron chi connectivity index (χ2n) is 8.79. The first-order valence-corrected chi connectivity index (χ1v) is 12.5. The molecule has 4 rings (SSSR count). The van der Waals surface area contributed by atoms with Crippen LogP contribution >= 0.6 is 11.3 Å². The van der Waals surface area contributed by atoms with Gasteiger partial charge in [-0.15, -0.1) is 11.3 Å². The van der Waals surface area contributed by atoms with Gasteiger partial charge in [0.1, 0.15) is 10.7 Å². The number of rotatable bonds is 6. The average Bonchev–Trinajstić information content (AvgIpc) is 3.12. The SMILES string of the molecule is COCC[C@H]1CCN(C2=Nc3ccccc3Nc3sc(C(C)C)nc32)CCCN1CCO. The molecule has 0 unspecified atom stereocenters. The van der Waals surface area contributed by atoms with E-state index >= 15 is 0 Å². The Bertz CT molecular complexity index is 929. The zero-order valence-corrected chi connectivity index (χ0v) is 20.2. The molecule has 0 radical (unpaired) electrons. The molecule has 3 heterocycles. The van der Waals surface area contributed by atoms with Crippen LogP contribution in [0.25, 0.3) is 0 Å². The van der Waals surface area contributed by atoms with Crippen LogP contribution in [0.15, 0.2) is 29.3 Å². The first kappa shape index (κ1) is 23.2. The number of methoxy groups -OCH3 is 1. The van der Waals surface area contributed by atoms with Gasteiger partial charge in [-0.2, -0.15) is 0 Å². The van der Waals surface area contributed by atoms with E-state index in [4.69, 9.17) is 14.7 Å². The van der Waals surface area contributed by atoms with Gasteiger partial charge in [-0.25, -0.2) is 9.98 Å². The van der Waals surface area contributed by atoms with Gasteiger partial charge in [-0.05, 0) is 31.4 Å². The molecule has 2 aliphatic rings. The number of fused-ring (bicyclic) bond motifs is 2. The van der Waals surface area contributed by atoms with Crippen molar-refractivity contribution in [2.24, 2.45) is 4.99 Å². The van der Waals surface area contributed by atoms with E-state index in [1.807, 2.05) is 12.1 Å². The van der Waals surface area contributed by atoms with Crippen molar-refractivity contribution >= 4 is 33.5 Å². The van der Waals surface area contributed by atoms with E-state index in [0.717, 1.165) is 85.0 Å². The summed E-state index contributed by atoms with van der Waals surface area (Å²) < 4.78 is 5.37. The Hall–Kier alpha value is -2.00. The second kappa shape index (κ2) is 10.7. The summed E-state index contributed by atoms with van der Waals surface area (Å²) in [5.74, 6) is 1.35. The summed E-state index contributed by atoms with van der Waals surface area (Å²) in [6.45, 7) is 8.83. The van der Waals surface area contributed by atoms with Crippen molar-refractivity contribution in [2.75, 3.05) is 51.8 Å². The number of hydrogen-bond acceptors (Lipinski definition) is 8. The molecule has 1 fully saturated rings. The molecule has 7 nitrogen and oxygen atoms in total. The third kappa shape index (κ3) is 5.14. The first-order valence-electron chi connectivity index (χ1n) is 11.6. The highest BCUT2D eigenvalue weighted by atomic mass is 32.1. The third-order valence-corrected chi connectivity index (χ3v) is 7.46. The van der Waals surface area contributed by atoms with Crippen LogP contribution in [0.1, 0.15) is 49.7 Å². The van der Waals surface area contributed by atoms with Crippen molar-refractivity contribution in [1.82, 2.24) is 14.8 Å². The highest BCUT2D eigenvalue weighted by Crippen LogP contribution is 2.39. The normalized spacial score (nSPS) is 19.5. The monoisotopic (exact) mass is 457 g/mol. The molecule has 1 atom stereocenters. The second-order valence-corrected chi connectivity index (χ2v) is 9.82. The Morgan fingerprint density at radius 2 is 2.09 bits per heavy atom. The molecule has 2 N–H and O–H groups in total. The van der Waals surface area contributed by atoms with Crippen molar-refractivity contribution in [1.29, 1.82) is 0 Å². The molecule has 2 aliphatic heterocycles. The molecule has 0 aliphatic carbocycles. The number of thiazole rings is 1. The summed E-state index contributed by atoms with van der Waals surface area (Å²) >= 11 is 1.73. The average molecular weight is 458 g/mol. The summed E-state index contributed by atoms with van der Waals surface area (Å²) in [4.78, 5) is 15.0. The Morgan fingerprint density at radius 1 is 1.25 bits per heavy atom. The molecule has 0 amide bonds. The number of aliphatic hydroxyl groups is 1. The van der Waals surface area contributed by atoms with E-state index < -0.39 is 0 Å². The van der Waals surface area contributed by atoms with Crippen LogP contribution in [0.2, 0.25) is 0 Å². The number of benzene rings is 1. The summed E-state index contributed by atoms with van der Waals surface area (Å²) in [5.41, 5.74) is 2.96. The van der Waals surface area contributed by atoms with Crippen molar-refractivity contribution in [3.63, 3.8) is 0 Å². The highest BCUT2D eigenvalue weighted by molar-refractivity contribution is 7.16. The van der Waals surface area contributed by atoms with Gasteiger partial charge in [0.25, 0.3) is 0 Å². The summed E-state index contributed by atoms with van der Waals surface area (Å²) in [6.07, 6.45) is 3.00. The minimum absolute atomic E-state index is 0.197. The predicted molar refractivity (Wildman–Crippen MR) is 132 cm³/mol. The van der Waals surface area contributed by atoms with Crippen LogP contribution in [0.3, 0.4) is 0 Å². The topological polar surface area (TPSA) is 73.2 Å². The molecule has 1 saturated heterocycles. The van der Waals surface area contributed by atoms with Gasteiger partial charge in [0.15, 0.2) is 5.84 Å². The number of aliphatic hydroxyl groups excluding tert-OH is 1. The molecule has 174 valence electrons. The van der Waals surface area contributed by atoms with Gasteiger partial charge in [0, 0.05) is 51.9 Å². The number of nitrogens with zero attached hydrogens (tertiary/aromatic N) is 4. The third-order valence-electron chi connectivity index (χ3n) is 6.19. The summed E-state index contributed by atoms with van der Waals surface area (Å²) in [7, 11) is 1.76. The lowest BCUT2D eigenvalue weighted by Crippen LogP contribution is -2.46. The molecule has 0 bridgehead atoms. The molecular weight excluding hydrogens is 422 g/mol. The minimum Gasteiger partial charge on any atom is -0.395 e. The number of aliphatic imine (C=N–C) groups is 1. The van der Waals surface area contributed by atoms with Crippen LogP contribution in [0, 0.1) is 0 Å². The standard InChI is InChI=1S/C24H35N5O2S/c1-17(2)23-27-21-22(25-19-7-4-5-8-20(19)26-24(21)32-23)29-12-6-11-28(14-15-30)18(9-13-29)10-16-31-3/h4-5,7-8,17-18,26,30H,6,9-16H2,1-3H3/t18-/m1/s1. The highest BCUT2D eigenvalue weighted by Gasteiger charge is 2.29. The number of β-amino-alcohol motifs (C(OH)–C–C–N with tert-alkyl or cyclic N) is 1. The fourth-order valence-corrected chi connectivity index (χ4v) is 5.44. The van der Waals surface area contributed by atoms with Crippen LogP contribution in [0.4, 0.5) is 16.4 Å². The van der Waals surface area contributed by atoms with Gasteiger partial charge in [-0.3, -0.25) is 4.90 Å². The van der Waals surface area contributed by atoms with Gasteiger partial charge in [0.05, 0.1) is 23.0 Å². The number of anilines is 2. The molecule has 1 aromatic heterocycles. The Labute approximate surface area is 195 Å². The van der Waals surface area contributed by atoms with Crippen molar-refractivity contribution < 1.29 is 9.84 Å². The molecule has 2 aromatic rings. The quantitative estimate of drug-likeness (QED) is 0.677. The number of nitrogens with one attached hydrogen (secondary N) is 1. The first-order chi connectivity index (χ1) is 15.6. The number of aromatic nitrogens is 1. The van der Waals surface area contributed by atoms with Gasteiger partial charge >= 0.3 is 0 Å². The fourth-order valence-electron chi connectivity index (χ4n) is 4.47. The number of hydrogen-bond donors (Lipinski definition) is 2. The number of ether oxygens (including phenoxy) is 1. The lowest BCUT2D eigenvalue weighted by atomic mass is 10.1. The smallest absolute Gasteiger partial charge is 0.158 e. The van der Waals surface area contributed by atoms with Gasteiger partial charge in [0.2, 0.25) is 0 Å². The fraction of sp³-hybridized carbons (Fsp3) is 0.583. The van der Waals surface area contributed by atoms with E-state index in [-0.39, 0.29) is 6.61 Å². The van der Waals surface area contributed by atoms with Gasteiger partial charge < -0.3 is 20.1 Å². The minimum atomic E-state index is 0.197. The van der Waals surface area contributed by atoms with Crippen LogP contribution in [0.5, 0.6) is 0 Å². The van der Waals surface area contributed by atoms with Crippen molar-refractivity contribution in [3.05, 3.63) is 35.0 Å². The Kier molecular flexibility index (Phi) is 7.78. The largest absolute Gasteiger partial charge is 0.395 e. The van der Waals surface area contributed by atoms with E-state index in [0.29, 0.717) is 12.0 Å². The van der Waals surface area contributed by atoms with Crippen LogP contribution in [-0.4, -0.2) is 78.3 Å². The van der Waals surface area contributed by atoms with Crippen LogP contribution < -0.4 is 5.32 Å². The van der Waals surface area contributed by atoms with Crippen molar-refractivity contribution in [3.8, 4) is 0 Å². The van der Waals surface area contributed by atoms with E-state index in [1.165, 1.54) is 0 Å². The zero-order chi connectivity index (χ0) is 22.5. The number of para-hydroxylation sites is 2. The lowest BCUT2D eigenvalue weighted by Gasteiger charge is -2.37. The maximum Gasteiger partial charge on any atom is 0.158 e. The van der Waals surface area contributed by atoms with E-state index in [2.05, 4.69) is 41.1 Å². The summed E-state index contributed by atoms with van der Waals surface area (Å²) in [6, 6.07) is 8.62. The molecular formula is C24H35N5O2S. The van der Waals surface area contributed by atoms with Gasteiger partial charge in [-0.1, -0.05) is 26.0 Å². The molecule has 1 aromatic carbocycles. The molecule has 32 heavy (non-hydrogen) atoms. The van der Waals surface area contributed by atoms with Crippen molar-refractivity contribution in [2.45, 2.75) is 45.1 Å². The summed E-state index contributed by atoms with van der Waals surface area (Å²) in [5, 5.41) is 15.4. The van der Waals surface area contributed by atoms with E-state index in [1.54, 1.807) is 18.4 Å². The predicted octanol–water partition coefficient (Wildman–Crippen LogP) is 4.20. The molecule has 0 spiro atoms. The molecule has 8 heteroatoms. The lowest BCUT2D eigenvalue weighted by molar-refractivity contribution is 0.0917. The van der Waals surface area contributed by atoms with E-state index in [9.17, 15) is 5.11 Å². The Morgan fingerprint density at radius 3 is 2.88 bits per heavy atom. The maximum absolute atomic E-state index is 9.54.